The van der Waals surface area contributed by atoms with E-state index in [1.54, 1.807) is 0 Å². The fraction of sp³-hybridized carbons (Fsp3) is 0.429. The van der Waals surface area contributed by atoms with Crippen LogP contribution < -0.4 is 0 Å². The fourth-order valence-electron chi connectivity index (χ4n) is 2.31. The van der Waals surface area contributed by atoms with E-state index < -0.39 is 12.0 Å². The van der Waals surface area contributed by atoms with Gasteiger partial charge in [0, 0.05) is 6.42 Å². The fourth-order valence-corrected chi connectivity index (χ4v) is 2.31. The molecule has 4 heteroatoms. The van der Waals surface area contributed by atoms with Gasteiger partial charge in [0.2, 0.25) is 0 Å². The molecule has 0 aliphatic carbocycles. The van der Waals surface area contributed by atoms with Crippen LogP contribution in [0.1, 0.15) is 38.6 Å². The molecule has 0 saturated carbocycles. The minimum absolute atomic E-state index is 0.529. The van der Waals surface area contributed by atoms with Gasteiger partial charge in [0.15, 0.2) is 0 Å². The molecule has 2 aromatic rings. The van der Waals surface area contributed by atoms with E-state index in [1.165, 1.54) is 0 Å². The lowest BCUT2D eigenvalue weighted by molar-refractivity contribution is -0.140. The van der Waals surface area contributed by atoms with Crippen molar-refractivity contribution in [3.63, 3.8) is 0 Å². The SMILES string of the molecule is CCCc1nc2ccccc2n1[C@@H](CC)C(=O)O. The first-order chi connectivity index (χ1) is 8.69. The van der Waals surface area contributed by atoms with Crippen molar-refractivity contribution in [2.24, 2.45) is 0 Å². The summed E-state index contributed by atoms with van der Waals surface area (Å²) in [7, 11) is 0. The summed E-state index contributed by atoms with van der Waals surface area (Å²) < 4.78 is 1.88. The van der Waals surface area contributed by atoms with Gasteiger partial charge in [-0.1, -0.05) is 26.0 Å². The molecule has 96 valence electrons. The molecule has 1 heterocycles. The number of nitrogens with zero attached hydrogens (tertiary/aromatic N) is 2. The third-order valence-electron chi connectivity index (χ3n) is 3.13. The van der Waals surface area contributed by atoms with Crippen LogP contribution in [-0.4, -0.2) is 20.6 Å². The normalized spacial score (nSPS) is 12.8. The molecular formula is C14H18N2O2. The van der Waals surface area contributed by atoms with Crippen LogP contribution in [0.3, 0.4) is 0 Å². The van der Waals surface area contributed by atoms with Gasteiger partial charge in [0.1, 0.15) is 11.9 Å². The highest BCUT2D eigenvalue weighted by Crippen LogP contribution is 2.24. The number of rotatable bonds is 5. The molecule has 0 spiro atoms. The highest BCUT2D eigenvalue weighted by Gasteiger charge is 2.22. The van der Waals surface area contributed by atoms with E-state index in [2.05, 4.69) is 11.9 Å². The number of hydrogen-bond acceptors (Lipinski definition) is 2. The minimum atomic E-state index is -0.794. The van der Waals surface area contributed by atoms with E-state index in [9.17, 15) is 9.90 Å². The average Bonchev–Trinajstić information content (AvgIpc) is 2.69. The zero-order chi connectivity index (χ0) is 13.1. The Labute approximate surface area is 106 Å². The van der Waals surface area contributed by atoms with Crippen LogP contribution in [0.15, 0.2) is 24.3 Å². The number of aromatic nitrogens is 2. The van der Waals surface area contributed by atoms with Crippen molar-refractivity contribution in [1.29, 1.82) is 0 Å². The van der Waals surface area contributed by atoms with Crippen molar-refractivity contribution in [3.8, 4) is 0 Å². The number of carbonyl (C=O) groups is 1. The van der Waals surface area contributed by atoms with Gasteiger partial charge in [0.25, 0.3) is 0 Å². The monoisotopic (exact) mass is 246 g/mol. The molecule has 0 saturated heterocycles. The Bertz CT molecular complexity index is 560. The van der Waals surface area contributed by atoms with Crippen LogP contribution in [0.5, 0.6) is 0 Å². The number of carboxylic acid groups (broad SMARTS) is 1. The first kappa shape index (κ1) is 12.6. The zero-order valence-corrected chi connectivity index (χ0v) is 10.8. The summed E-state index contributed by atoms with van der Waals surface area (Å²) in [5.41, 5.74) is 1.79. The van der Waals surface area contributed by atoms with E-state index in [1.807, 2.05) is 35.8 Å². The van der Waals surface area contributed by atoms with Gasteiger partial charge < -0.3 is 9.67 Å². The maximum absolute atomic E-state index is 11.4. The predicted octanol–water partition coefficient (Wildman–Crippen LogP) is 3.02. The second kappa shape index (κ2) is 5.21. The highest BCUT2D eigenvalue weighted by atomic mass is 16.4. The molecule has 1 atom stereocenters. The zero-order valence-electron chi connectivity index (χ0n) is 10.8. The first-order valence-corrected chi connectivity index (χ1v) is 6.37. The summed E-state index contributed by atoms with van der Waals surface area (Å²) in [6.07, 6.45) is 2.32. The average molecular weight is 246 g/mol. The number of benzene rings is 1. The van der Waals surface area contributed by atoms with E-state index in [0.717, 1.165) is 29.7 Å². The number of carboxylic acids is 1. The lowest BCUT2D eigenvalue weighted by Gasteiger charge is -2.16. The molecule has 1 aromatic heterocycles. The van der Waals surface area contributed by atoms with Gasteiger partial charge >= 0.3 is 5.97 Å². The summed E-state index contributed by atoms with van der Waals surface area (Å²) in [5, 5.41) is 9.35. The Hall–Kier alpha value is -1.84. The molecule has 0 fully saturated rings. The summed E-state index contributed by atoms with van der Waals surface area (Å²) in [4.78, 5) is 15.9. The maximum atomic E-state index is 11.4. The number of aliphatic carboxylic acids is 1. The number of fused-ring (bicyclic) bond motifs is 1. The van der Waals surface area contributed by atoms with Gasteiger partial charge in [-0.15, -0.1) is 0 Å². The van der Waals surface area contributed by atoms with Crippen LogP contribution in [-0.2, 0) is 11.2 Å². The topological polar surface area (TPSA) is 55.1 Å². The van der Waals surface area contributed by atoms with Gasteiger partial charge in [-0.3, -0.25) is 0 Å². The third-order valence-corrected chi connectivity index (χ3v) is 3.13. The number of para-hydroxylation sites is 2. The molecule has 1 aromatic carbocycles. The van der Waals surface area contributed by atoms with Crippen molar-refractivity contribution in [3.05, 3.63) is 30.1 Å². The third kappa shape index (κ3) is 2.10. The number of imidazole rings is 1. The van der Waals surface area contributed by atoms with Crippen molar-refractivity contribution in [1.82, 2.24) is 9.55 Å². The second-order valence-electron chi connectivity index (χ2n) is 4.40. The summed E-state index contributed by atoms with van der Waals surface area (Å²) >= 11 is 0. The van der Waals surface area contributed by atoms with Gasteiger partial charge in [-0.2, -0.15) is 0 Å². The largest absolute Gasteiger partial charge is 0.480 e. The van der Waals surface area contributed by atoms with Gasteiger partial charge in [-0.05, 0) is 25.0 Å². The van der Waals surface area contributed by atoms with Gasteiger partial charge in [0.05, 0.1) is 11.0 Å². The molecular weight excluding hydrogens is 228 g/mol. The van der Waals surface area contributed by atoms with Crippen molar-refractivity contribution in [2.75, 3.05) is 0 Å². The smallest absolute Gasteiger partial charge is 0.326 e. The van der Waals surface area contributed by atoms with Crippen LogP contribution in [0.2, 0.25) is 0 Å². The Morgan fingerprint density at radius 1 is 1.39 bits per heavy atom. The summed E-state index contributed by atoms with van der Waals surface area (Å²) in [5.74, 6) is 0.0750. The van der Waals surface area contributed by atoms with Crippen LogP contribution >= 0.6 is 0 Å². The van der Waals surface area contributed by atoms with E-state index in [0.29, 0.717) is 6.42 Å². The second-order valence-corrected chi connectivity index (χ2v) is 4.40. The lowest BCUT2D eigenvalue weighted by atomic mass is 10.2. The molecule has 0 radical (unpaired) electrons. The maximum Gasteiger partial charge on any atom is 0.326 e. The number of hydrogen-bond donors (Lipinski definition) is 1. The van der Waals surface area contributed by atoms with Crippen molar-refractivity contribution < 1.29 is 9.90 Å². The van der Waals surface area contributed by atoms with E-state index in [-0.39, 0.29) is 0 Å². The van der Waals surface area contributed by atoms with Gasteiger partial charge in [-0.25, -0.2) is 9.78 Å². The standard InChI is InChI=1S/C14H18N2O2/c1-3-7-13-15-10-8-5-6-9-12(10)16(13)11(4-2)14(17)18/h5-6,8-9,11H,3-4,7H2,1-2H3,(H,17,18)/t11-/m0/s1. The lowest BCUT2D eigenvalue weighted by Crippen LogP contribution is -2.20. The quantitative estimate of drug-likeness (QED) is 0.882. The molecule has 4 nitrogen and oxygen atoms in total. The Kier molecular flexibility index (Phi) is 3.65. The minimum Gasteiger partial charge on any atom is -0.480 e. The van der Waals surface area contributed by atoms with E-state index >= 15 is 0 Å². The van der Waals surface area contributed by atoms with Crippen molar-refractivity contribution in [2.45, 2.75) is 39.2 Å². The first-order valence-electron chi connectivity index (χ1n) is 6.37. The molecule has 2 rings (SSSR count). The van der Waals surface area contributed by atoms with Crippen LogP contribution in [0, 0.1) is 0 Å². The molecule has 0 unspecified atom stereocenters. The van der Waals surface area contributed by atoms with Crippen LogP contribution in [0.25, 0.3) is 11.0 Å². The molecule has 0 aliphatic heterocycles. The van der Waals surface area contributed by atoms with E-state index in [4.69, 9.17) is 0 Å². The van der Waals surface area contributed by atoms with Crippen LogP contribution in [0.4, 0.5) is 0 Å². The Morgan fingerprint density at radius 2 is 2.11 bits per heavy atom. The molecule has 0 amide bonds. The molecule has 18 heavy (non-hydrogen) atoms. The highest BCUT2D eigenvalue weighted by molar-refractivity contribution is 5.80. The summed E-state index contributed by atoms with van der Waals surface area (Å²) in [6, 6.07) is 7.19. The van der Waals surface area contributed by atoms with Crippen molar-refractivity contribution >= 4 is 17.0 Å². The summed E-state index contributed by atoms with van der Waals surface area (Å²) in [6.45, 7) is 3.97. The molecule has 0 bridgehead atoms. The Morgan fingerprint density at radius 3 is 2.72 bits per heavy atom. The number of aryl methyl sites for hydroxylation is 1. The predicted molar refractivity (Wildman–Crippen MR) is 70.7 cm³/mol. The Balaban J connectivity index is 2.63. The molecule has 1 N–H and O–H groups in total. The molecule has 0 aliphatic rings.